The largest absolute Gasteiger partial charge is 0.481 e. The number of carbonyl (C=O) groups is 1. The standard InChI is InChI=1S/C12H12ClNO2/c1-8-3-2-4-10-9(8)7-11(13)14(10)6-5-12(15)16/h2-4,7H,5-6H2,1H3,(H,15,16). The van der Waals surface area contributed by atoms with E-state index in [1.54, 1.807) is 0 Å². The summed E-state index contributed by atoms with van der Waals surface area (Å²) < 4.78 is 1.83. The Balaban J connectivity index is 2.48. The van der Waals surface area contributed by atoms with Gasteiger partial charge in [0.2, 0.25) is 0 Å². The summed E-state index contributed by atoms with van der Waals surface area (Å²) in [5, 5.41) is 10.3. The van der Waals surface area contributed by atoms with Gasteiger partial charge in [-0.3, -0.25) is 4.79 Å². The van der Waals surface area contributed by atoms with Crippen molar-refractivity contribution in [1.82, 2.24) is 4.57 Å². The Morgan fingerprint density at radius 1 is 1.50 bits per heavy atom. The van der Waals surface area contributed by atoms with E-state index in [1.807, 2.05) is 35.8 Å². The number of aliphatic carboxylic acids is 1. The summed E-state index contributed by atoms with van der Waals surface area (Å²) in [6.45, 7) is 2.42. The number of rotatable bonds is 3. The number of nitrogens with zero attached hydrogens (tertiary/aromatic N) is 1. The molecule has 0 saturated heterocycles. The zero-order valence-corrected chi connectivity index (χ0v) is 9.66. The first-order valence-electron chi connectivity index (χ1n) is 5.06. The summed E-state index contributed by atoms with van der Waals surface area (Å²) in [5.41, 5.74) is 2.14. The normalized spacial score (nSPS) is 10.9. The molecule has 84 valence electrons. The van der Waals surface area contributed by atoms with Crippen LogP contribution in [0, 0.1) is 6.92 Å². The second-order valence-corrected chi connectivity index (χ2v) is 4.16. The first-order valence-corrected chi connectivity index (χ1v) is 5.43. The zero-order chi connectivity index (χ0) is 11.7. The molecule has 0 saturated carbocycles. The van der Waals surface area contributed by atoms with Gasteiger partial charge in [0.05, 0.1) is 6.42 Å². The molecule has 0 spiro atoms. The van der Waals surface area contributed by atoms with Crippen molar-refractivity contribution in [2.75, 3.05) is 0 Å². The molecule has 16 heavy (non-hydrogen) atoms. The van der Waals surface area contributed by atoms with E-state index in [0.29, 0.717) is 11.7 Å². The molecule has 0 aliphatic carbocycles. The zero-order valence-electron chi connectivity index (χ0n) is 8.90. The monoisotopic (exact) mass is 237 g/mol. The highest BCUT2D eigenvalue weighted by atomic mass is 35.5. The van der Waals surface area contributed by atoms with Crippen LogP contribution in [0.5, 0.6) is 0 Å². The maximum atomic E-state index is 10.6. The smallest absolute Gasteiger partial charge is 0.305 e. The average molecular weight is 238 g/mol. The lowest BCUT2D eigenvalue weighted by Crippen LogP contribution is -2.04. The summed E-state index contributed by atoms with van der Waals surface area (Å²) in [5.74, 6) is -0.814. The lowest BCUT2D eigenvalue weighted by molar-refractivity contribution is -0.137. The first kappa shape index (κ1) is 11.0. The van der Waals surface area contributed by atoms with Crippen molar-refractivity contribution in [3.8, 4) is 0 Å². The highest BCUT2D eigenvalue weighted by molar-refractivity contribution is 6.31. The van der Waals surface area contributed by atoms with Crippen LogP contribution in [-0.2, 0) is 11.3 Å². The minimum atomic E-state index is -0.814. The number of fused-ring (bicyclic) bond motifs is 1. The topological polar surface area (TPSA) is 42.2 Å². The van der Waals surface area contributed by atoms with E-state index >= 15 is 0 Å². The average Bonchev–Trinajstić information content (AvgIpc) is 2.53. The van der Waals surface area contributed by atoms with Crippen LogP contribution in [0.4, 0.5) is 0 Å². The first-order chi connectivity index (χ1) is 7.59. The molecule has 1 N–H and O–H groups in total. The molecule has 0 aliphatic rings. The van der Waals surface area contributed by atoms with Crippen LogP contribution in [0.3, 0.4) is 0 Å². The summed E-state index contributed by atoms with van der Waals surface area (Å²) in [4.78, 5) is 10.6. The SMILES string of the molecule is Cc1cccc2c1cc(Cl)n2CCC(=O)O. The van der Waals surface area contributed by atoms with E-state index in [-0.39, 0.29) is 6.42 Å². The van der Waals surface area contributed by atoms with Gasteiger partial charge in [0.25, 0.3) is 0 Å². The van der Waals surface area contributed by atoms with Gasteiger partial charge >= 0.3 is 5.97 Å². The second kappa shape index (κ2) is 4.18. The van der Waals surface area contributed by atoms with Crippen molar-refractivity contribution in [3.63, 3.8) is 0 Å². The van der Waals surface area contributed by atoms with Gasteiger partial charge < -0.3 is 9.67 Å². The van der Waals surface area contributed by atoms with Gasteiger partial charge in [-0.1, -0.05) is 23.7 Å². The third-order valence-corrected chi connectivity index (χ3v) is 2.98. The number of aryl methyl sites for hydroxylation is 2. The molecular formula is C12H12ClNO2. The van der Waals surface area contributed by atoms with E-state index in [2.05, 4.69) is 0 Å². The maximum absolute atomic E-state index is 10.6. The predicted molar refractivity (Wildman–Crippen MR) is 63.9 cm³/mol. The van der Waals surface area contributed by atoms with Crippen molar-refractivity contribution >= 4 is 28.5 Å². The van der Waals surface area contributed by atoms with Crippen LogP contribution < -0.4 is 0 Å². The third-order valence-electron chi connectivity index (χ3n) is 2.66. The summed E-state index contributed by atoms with van der Waals surface area (Å²) in [6.07, 6.45) is 0.0808. The van der Waals surface area contributed by atoms with Crippen molar-refractivity contribution in [2.24, 2.45) is 0 Å². The molecule has 0 atom stereocenters. The highest BCUT2D eigenvalue weighted by Crippen LogP contribution is 2.26. The molecule has 0 fully saturated rings. The third kappa shape index (κ3) is 1.91. The number of carboxylic acids is 1. The quantitative estimate of drug-likeness (QED) is 0.892. The Hall–Kier alpha value is -1.48. The molecule has 0 unspecified atom stereocenters. The van der Waals surface area contributed by atoms with Crippen molar-refractivity contribution in [1.29, 1.82) is 0 Å². The molecule has 2 aromatic rings. The summed E-state index contributed by atoms with van der Waals surface area (Å²) in [7, 11) is 0. The highest BCUT2D eigenvalue weighted by Gasteiger charge is 2.09. The molecule has 0 radical (unpaired) electrons. The molecule has 1 aromatic heterocycles. The number of carboxylic acid groups (broad SMARTS) is 1. The van der Waals surface area contributed by atoms with E-state index in [0.717, 1.165) is 16.5 Å². The Bertz CT molecular complexity index is 545. The van der Waals surface area contributed by atoms with E-state index < -0.39 is 5.97 Å². The molecular weight excluding hydrogens is 226 g/mol. The van der Waals surface area contributed by atoms with E-state index in [9.17, 15) is 4.79 Å². The fourth-order valence-electron chi connectivity index (χ4n) is 1.84. The fourth-order valence-corrected chi connectivity index (χ4v) is 2.12. The van der Waals surface area contributed by atoms with Crippen LogP contribution in [0.1, 0.15) is 12.0 Å². The number of aromatic nitrogens is 1. The lowest BCUT2D eigenvalue weighted by Gasteiger charge is -2.05. The fraction of sp³-hybridized carbons (Fsp3) is 0.250. The Morgan fingerprint density at radius 3 is 2.94 bits per heavy atom. The van der Waals surface area contributed by atoms with Gasteiger partial charge in [0, 0.05) is 17.4 Å². The van der Waals surface area contributed by atoms with Crippen LogP contribution >= 0.6 is 11.6 Å². The minimum Gasteiger partial charge on any atom is -0.481 e. The number of hydrogen-bond donors (Lipinski definition) is 1. The van der Waals surface area contributed by atoms with Gasteiger partial charge in [-0.2, -0.15) is 0 Å². The summed E-state index contributed by atoms with van der Waals surface area (Å²) in [6, 6.07) is 7.80. The molecule has 1 aromatic carbocycles. The molecule has 2 rings (SSSR count). The minimum absolute atomic E-state index is 0.0808. The van der Waals surface area contributed by atoms with Gasteiger partial charge in [-0.15, -0.1) is 0 Å². The van der Waals surface area contributed by atoms with Crippen LogP contribution in [0.2, 0.25) is 5.15 Å². The molecule has 3 nitrogen and oxygen atoms in total. The van der Waals surface area contributed by atoms with Gasteiger partial charge in [-0.25, -0.2) is 0 Å². The second-order valence-electron chi connectivity index (χ2n) is 3.77. The molecule has 4 heteroatoms. The van der Waals surface area contributed by atoms with Crippen LogP contribution in [0.15, 0.2) is 24.3 Å². The van der Waals surface area contributed by atoms with E-state index in [1.165, 1.54) is 0 Å². The lowest BCUT2D eigenvalue weighted by atomic mass is 10.1. The maximum Gasteiger partial charge on any atom is 0.305 e. The van der Waals surface area contributed by atoms with E-state index in [4.69, 9.17) is 16.7 Å². The Kier molecular flexibility index (Phi) is 2.88. The number of hydrogen-bond acceptors (Lipinski definition) is 1. The van der Waals surface area contributed by atoms with Gasteiger partial charge in [0.1, 0.15) is 5.15 Å². The van der Waals surface area contributed by atoms with Gasteiger partial charge in [0.15, 0.2) is 0 Å². The summed E-state index contributed by atoms with van der Waals surface area (Å²) >= 11 is 6.09. The van der Waals surface area contributed by atoms with Crippen LogP contribution in [0.25, 0.3) is 10.9 Å². The van der Waals surface area contributed by atoms with Crippen molar-refractivity contribution < 1.29 is 9.90 Å². The van der Waals surface area contributed by atoms with Crippen molar-refractivity contribution in [2.45, 2.75) is 19.9 Å². The van der Waals surface area contributed by atoms with Gasteiger partial charge in [-0.05, 0) is 24.6 Å². The number of benzene rings is 1. The predicted octanol–water partition coefficient (Wildman–Crippen LogP) is 3.08. The number of halogens is 1. The van der Waals surface area contributed by atoms with Crippen molar-refractivity contribution in [3.05, 3.63) is 35.0 Å². The van der Waals surface area contributed by atoms with Crippen LogP contribution in [-0.4, -0.2) is 15.6 Å². The molecule has 0 bridgehead atoms. The Labute approximate surface area is 98.3 Å². The molecule has 1 heterocycles. The Morgan fingerprint density at radius 2 is 2.25 bits per heavy atom. The molecule has 0 amide bonds. The molecule has 0 aliphatic heterocycles.